The number of rotatable bonds is 2. The van der Waals surface area contributed by atoms with E-state index < -0.39 is 12.1 Å². The Kier molecular flexibility index (Phi) is 11.3. The molecule has 0 aliphatic carbocycles. The van der Waals surface area contributed by atoms with E-state index in [0.717, 1.165) is 0 Å². The summed E-state index contributed by atoms with van der Waals surface area (Å²) in [6, 6.07) is 8.14. The molecule has 0 unspecified atom stereocenters. The average molecular weight is 620 g/mol. The lowest BCUT2D eigenvalue weighted by atomic mass is 10.3. The number of halogens is 4. The monoisotopic (exact) mass is 618 g/mol. The molecule has 13 nitrogen and oxygen atoms in total. The summed E-state index contributed by atoms with van der Waals surface area (Å²) in [7, 11) is 3.31. The van der Waals surface area contributed by atoms with Crippen LogP contribution in [-0.2, 0) is 9.59 Å². The van der Waals surface area contributed by atoms with Crippen molar-refractivity contribution in [2.75, 3.05) is 37.8 Å². The van der Waals surface area contributed by atoms with E-state index in [4.69, 9.17) is 46.4 Å². The van der Waals surface area contributed by atoms with Crippen molar-refractivity contribution < 1.29 is 24.7 Å². The summed E-state index contributed by atoms with van der Waals surface area (Å²) < 4.78 is 0. The van der Waals surface area contributed by atoms with Crippen LogP contribution >= 0.6 is 46.4 Å². The second kappa shape index (κ2) is 14.0. The van der Waals surface area contributed by atoms with Crippen molar-refractivity contribution >= 4 is 93.6 Å². The van der Waals surface area contributed by atoms with E-state index in [1.807, 2.05) is 0 Å². The number of nitrogens with one attached hydrogen (secondary N) is 4. The minimum absolute atomic E-state index is 0. The molecule has 2 aromatic rings. The maximum atomic E-state index is 11.7. The molecule has 0 bridgehead atoms. The number of carbonyl (C=O) groups excluding carboxylic acids is 4. The van der Waals surface area contributed by atoms with Gasteiger partial charge in [-0.2, -0.15) is 9.98 Å². The zero-order valence-electron chi connectivity index (χ0n) is 20.3. The molecule has 0 saturated carbocycles. The lowest BCUT2D eigenvalue weighted by Crippen LogP contribution is -2.29. The molecule has 2 aliphatic heterocycles. The SMILES string of the molecule is CN1CC(=O)NC1=NC(=O)Nc1ccc(Cl)c(Cl)c1.CN1CC(=O)NC1=NC(=O)Nc1ccc(Cl)c(Cl)c1.O. The van der Waals surface area contributed by atoms with Gasteiger partial charge in [0, 0.05) is 25.5 Å². The van der Waals surface area contributed by atoms with Crippen molar-refractivity contribution in [3.05, 3.63) is 56.5 Å². The Morgan fingerprint density at radius 1 is 0.718 bits per heavy atom. The van der Waals surface area contributed by atoms with Gasteiger partial charge in [0.25, 0.3) is 0 Å². The first-order valence-electron chi connectivity index (χ1n) is 10.6. The van der Waals surface area contributed by atoms with E-state index in [9.17, 15) is 19.2 Å². The van der Waals surface area contributed by atoms with Gasteiger partial charge in [-0.3, -0.25) is 20.2 Å². The third kappa shape index (κ3) is 9.26. The lowest BCUT2D eigenvalue weighted by Gasteiger charge is -2.08. The van der Waals surface area contributed by atoms with Crippen LogP contribution in [0.5, 0.6) is 0 Å². The summed E-state index contributed by atoms with van der Waals surface area (Å²) in [6.45, 7) is 0.359. The van der Waals surface area contributed by atoms with Gasteiger partial charge in [-0.1, -0.05) is 46.4 Å². The van der Waals surface area contributed by atoms with Gasteiger partial charge >= 0.3 is 12.1 Å². The lowest BCUT2D eigenvalue weighted by molar-refractivity contribution is -0.119. The number of hydrogen-bond acceptors (Lipinski definition) is 4. The predicted molar refractivity (Wildman–Crippen MR) is 151 cm³/mol. The fraction of sp³-hybridized carbons (Fsp3) is 0.182. The highest BCUT2D eigenvalue weighted by Crippen LogP contribution is 2.26. The van der Waals surface area contributed by atoms with Gasteiger partial charge in [0.05, 0.1) is 33.2 Å². The number of urea groups is 2. The quantitative estimate of drug-likeness (QED) is 0.401. The first-order chi connectivity index (χ1) is 17.9. The summed E-state index contributed by atoms with van der Waals surface area (Å²) in [4.78, 5) is 56.1. The Morgan fingerprint density at radius 2 is 1.08 bits per heavy atom. The number of nitrogens with zero attached hydrogens (tertiary/aromatic N) is 4. The molecule has 2 fully saturated rings. The first kappa shape index (κ1) is 31.6. The Hall–Kier alpha value is -3.62. The van der Waals surface area contributed by atoms with E-state index in [1.54, 1.807) is 38.4 Å². The highest BCUT2D eigenvalue weighted by molar-refractivity contribution is 6.42. The van der Waals surface area contributed by atoms with Crippen LogP contribution in [0.4, 0.5) is 21.0 Å². The molecule has 0 aromatic heterocycles. The highest BCUT2D eigenvalue weighted by Gasteiger charge is 2.23. The van der Waals surface area contributed by atoms with Gasteiger partial charge in [-0.25, -0.2) is 9.59 Å². The fourth-order valence-electron chi connectivity index (χ4n) is 2.97. The van der Waals surface area contributed by atoms with Crippen LogP contribution in [0.25, 0.3) is 0 Å². The van der Waals surface area contributed by atoms with Gasteiger partial charge in [0.1, 0.15) is 0 Å². The largest absolute Gasteiger partial charge is 0.412 e. The Morgan fingerprint density at radius 3 is 1.36 bits per heavy atom. The Labute approximate surface area is 242 Å². The number of anilines is 2. The first-order valence-corrected chi connectivity index (χ1v) is 12.1. The average Bonchev–Trinajstić information content (AvgIpc) is 3.31. The third-order valence-corrected chi connectivity index (χ3v) is 6.22. The summed E-state index contributed by atoms with van der Waals surface area (Å²) >= 11 is 23.2. The van der Waals surface area contributed by atoms with E-state index in [-0.39, 0.29) is 42.3 Å². The summed E-state index contributed by atoms with van der Waals surface area (Å²) in [5.41, 5.74) is 0.937. The van der Waals surface area contributed by atoms with Crippen LogP contribution in [0.2, 0.25) is 20.1 Å². The smallest absolute Gasteiger partial charge is 0.348 e. The molecule has 0 atom stereocenters. The van der Waals surface area contributed by atoms with Crippen molar-refractivity contribution in [2.45, 2.75) is 0 Å². The second-order valence-electron chi connectivity index (χ2n) is 7.80. The molecule has 2 aromatic carbocycles. The molecular weight excluding hydrogens is 598 g/mol. The van der Waals surface area contributed by atoms with Crippen molar-refractivity contribution in [2.24, 2.45) is 9.98 Å². The molecule has 0 spiro atoms. The maximum absolute atomic E-state index is 11.7. The molecule has 208 valence electrons. The number of guanidine groups is 2. The van der Waals surface area contributed by atoms with Crippen LogP contribution in [0.3, 0.4) is 0 Å². The number of hydrogen-bond donors (Lipinski definition) is 4. The van der Waals surface area contributed by atoms with E-state index in [2.05, 4.69) is 31.3 Å². The summed E-state index contributed by atoms with van der Waals surface area (Å²) in [5, 5.41) is 11.4. The number of aliphatic imine (C=N–C) groups is 2. The second-order valence-corrected chi connectivity index (χ2v) is 9.43. The van der Waals surface area contributed by atoms with E-state index >= 15 is 0 Å². The maximum Gasteiger partial charge on any atom is 0.348 e. The minimum Gasteiger partial charge on any atom is -0.412 e. The predicted octanol–water partition coefficient (Wildman–Crippen LogP) is 3.06. The zero-order valence-corrected chi connectivity index (χ0v) is 23.3. The number of amides is 6. The molecular formula is C22H22Cl4N8O5. The normalized spacial score (nSPS) is 16.3. The molecule has 39 heavy (non-hydrogen) atoms. The molecule has 4 rings (SSSR count). The topological polar surface area (TPSA) is 179 Å². The number of likely N-dealkylation sites (N-methyl/N-ethyl adjacent to an activating group) is 2. The third-order valence-electron chi connectivity index (χ3n) is 4.74. The molecule has 2 aliphatic rings. The summed E-state index contributed by atoms with van der Waals surface area (Å²) in [5.74, 6) is 0.0114. The zero-order chi connectivity index (χ0) is 28.0. The fourth-order valence-corrected chi connectivity index (χ4v) is 3.57. The van der Waals surface area contributed by atoms with Crippen LogP contribution in [0.15, 0.2) is 46.4 Å². The van der Waals surface area contributed by atoms with Crippen molar-refractivity contribution in [3.63, 3.8) is 0 Å². The minimum atomic E-state index is -0.609. The molecule has 6 N–H and O–H groups in total. The van der Waals surface area contributed by atoms with Crippen molar-refractivity contribution in [1.82, 2.24) is 20.4 Å². The van der Waals surface area contributed by atoms with Crippen LogP contribution < -0.4 is 21.3 Å². The molecule has 2 saturated heterocycles. The Bertz CT molecular complexity index is 1250. The molecule has 2 heterocycles. The van der Waals surface area contributed by atoms with Gasteiger partial charge in [0.2, 0.25) is 23.7 Å². The molecule has 6 amide bonds. The van der Waals surface area contributed by atoms with Gasteiger partial charge in [0.15, 0.2) is 0 Å². The van der Waals surface area contributed by atoms with E-state index in [0.29, 0.717) is 31.5 Å². The van der Waals surface area contributed by atoms with Gasteiger partial charge < -0.3 is 25.9 Å². The van der Waals surface area contributed by atoms with Gasteiger partial charge in [-0.15, -0.1) is 0 Å². The van der Waals surface area contributed by atoms with Crippen LogP contribution in [0.1, 0.15) is 0 Å². The number of carbonyl (C=O) groups is 4. The molecule has 0 radical (unpaired) electrons. The van der Waals surface area contributed by atoms with E-state index in [1.165, 1.54) is 21.9 Å². The highest BCUT2D eigenvalue weighted by atomic mass is 35.5. The number of benzene rings is 2. The van der Waals surface area contributed by atoms with Crippen molar-refractivity contribution in [3.8, 4) is 0 Å². The van der Waals surface area contributed by atoms with Gasteiger partial charge in [-0.05, 0) is 36.4 Å². The standard InChI is InChI=1S/2C11H10Cl2N4O2.H2O/c2*1-17-5-9(18)15-10(17)16-11(19)14-6-2-3-7(12)8(13)4-6;/h2*2-4H,5H2,1H3,(H2,14,15,16,18,19);1H2. The van der Waals surface area contributed by atoms with Crippen LogP contribution in [0, 0.1) is 0 Å². The summed E-state index contributed by atoms with van der Waals surface area (Å²) in [6.07, 6.45) is 0. The van der Waals surface area contributed by atoms with Crippen LogP contribution in [-0.4, -0.2) is 78.3 Å². The molecule has 17 heteroatoms. The Balaban J connectivity index is 0.000000267. The van der Waals surface area contributed by atoms with Crippen molar-refractivity contribution in [1.29, 1.82) is 0 Å².